The van der Waals surface area contributed by atoms with Crippen molar-refractivity contribution in [1.29, 1.82) is 0 Å². The molecule has 0 bridgehead atoms. The van der Waals surface area contributed by atoms with E-state index in [4.69, 9.17) is 0 Å². The van der Waals surface area contributed by atoms with Crippen LogP contribution in [0.2, 0.25) is 12.6 Å². The molecule has 1 unspecified atom stereocenters. The van der Waals surface area contributed by atoms with E-state index >= 15 is 0 Å². The molecule has 4 heteroatoms. The van der Waals surface area contributed by atoms with Crippen molar-refractivity contribution >= 4 is 20.6 Å². The molecule has 2 aromatic carbocycles. The fourth-order valence-corrected chi connectivity index (χ4v) is 5.24. The first-order chi connectivity index (χ1) is 11.6. The SMILES string of the molecule is CC(c1cccc2c1C(=O)NC2=O)[Si](C)CCCc1ccccc1. The van der Waals surface area contributed by atoms with Gasteiger partial charge in [-0.1, -0.05) is 68.4 Å². The molecule has 0 aliphatic carbocycles. The fourth-order valence-electron chi connectivity index (χ4n) is 3.30. The largest absolute Gasteiger partial charge is 0.288 e. The van der Waals surface area contributed by atoms with Crippen molar-refractivity contribution in [2.45, 2.75) is 37.9 Å². The van der Waals surface area contributed by atoms with E-state index in [-0.39, 0.29) is 11.8 Å². The Labute approximate surface area is 144 Å². The van der Waals surface area contributed by atoms with E-state index in [1.165, 1.54) is 18.0 Å². The molecule has 0 aromatic heterocycles. The average Bonchev–Trinajstić information content (AvgIpc) is 2.89. The molecule has 123 valence electrons. The van der Waals surface area contributed by atoms with E-state index in [0.29, 0.717) is 16.7 Å². The van der Waals surface area contributed by atoms with Crippen LogP contribution in [0.3, 0.4) is 0 Å². The highest BCUT2D eigenvalue weighted by atomic mass is 28.3. The molecule has 1 atom stereocenters. The molecule has 0 saturated carbocycles. The van der Waals surface area contributed by atoms with Crippen molar-refractivity contribution < 1.29 is 9.59 Å². The third-order valence-corrected chi connectivity index (χ3v) is 7.81. The Morgan fingerprint density at radius 3 is 2.50 bits per heavy atom. The number of hydrogen-bond acceptors (Lipinski definition) is 2. The highest BCUT2D eigenvalue weighted by Gasteiger charge is 2.31. The Morgan fingerprint density at radius 1 is 1.00 bits per heavy atom. The van der Waals surface area contributed by atoms with Gasteiger partial charge in [0.05, 0.1) is 19.9 Å². The number of carbonyl (C=O) groups is 2. The zero-order valence-corrected chi connectivity index (χ0v) is 15.1. The van der Waals surface area contributed by atoms with E-state index in [0.717, 1.165) is 12.0 Å². The Balaban J connectivity index is 1.67. The first kappa shape index (κ1) is 16.6. The van der Waals surface area contributed by atoms with Gasteiger partial charge in [-0.25, -0.2) is 0 Å². The normalized spacial score (nSPS) is 14.6. The van der Waals surface area contributed by atoms with Crippen molar-refractivity contribution in [3.05, 3.63) is 70.8 Å². The number of benzene rings is 2. The Morgan fingerprint density at radius 2 is 1.75 bits per heavy atom. The van der Waals surface area contributed by atoms with Crippen molar-refractivity contribution in [3.63, 3.8) is 0 Å². The molecular formula is C20H22NO2Si. The van der Waals surface area contributed by atoms with E-state index in [1.807, 2.05) is 18.2 Å². The van der Waals surface area contributed by atoms with Crippen molar-refractivity contribution in [2.75, 3.05) is 0 Å². The summed E-state index contributed by atoms with van der Waals surface area (Å²) in [5, 5.41) is 2.41. The van der Waals surface area contributed by atoms with Gasteiger partial charge in [0.15, 0.2) is 0 Å². The lowest BCUT2D eigenvalue weighted by molar-refractivity contribution is 0.0879. The molecular weight excluding hydrogens is 314 g/mol. The second kappa shape index (κ2) is 7.14. The summed E-state index contributed by atoms with van der Waals surface area (Å²) >= 11 is 0. The lowest BCUT2D eigenvalue weighted by Gasteiger charge is -2.20. The minimum atomic E-state index is -0.642. The van der Waals surface area contributed by atoms with E-state index in [1.54, 1.807) is 6.07 Å². The van der Waals surface area contributed by atoms with Crippen molar-refractivity contribution in [3.8, 4) is 0 Å². The third-order valence-electron chi connectivity index (χ3n) is 4.88. The van der Waals surface area contributed by atoms with E-state index < -0.39 is 8.80 Å². The number of fused-ring (bicyclic) bond motifs is 1. The fraction of sp³-hybridized carbons (Fsp3) is 0.300. The number of hydrogen-bond donors (Lipinski definition) is 1. The average molecular weight is 336 g/mol. The van der Waals surface area contributed by atoms with Crippen LogP contribution in [-0.4, -0.2) is 20.6 Å². The molecule has 1 aliphatic rings. The maximum atomic E-state index is 12.1. The monoisotopic (exact) mass is 336 g/mol. The van der Waals surface area contributed by atoms with Gasteiger partial charge < -0.3 is 0 Å². The second-order valence-electron chi connectivity index (χ2n) is 6.46. The minimum absolute atomic E-state index is 0.239. The first-order valence-electron chi connectivity index (χ1n) is 8.42. The van der Waals surface area contributed by atoms with E-state index in [9.17, 15) is 9.59 Å². The lowest BCUT2D eigenvalue weighted by Crippen LogP contribution is -2.22. The standard InChI is InChI=1S/C20H22NO2Si/c1-14(24(2)13-7-10-15-8-4-3-5-9-15)16-11-6-12-17-18(16)20(23)21-19(17)22/h3-6,8-9,11-12,14H,7,10,13H2,1-2H3,(H,21,22,23). The highest BCUT2D eigenvalue weighted by Crippen LogP contribution is 2.29. The van der Waals surface area contributed by atoms with Crippen LogP contribution < -0.4 is 5.32 Å². The Hall–Kier alpha value is -2.20. The summed E-state index contributed by atoms with van der Waals surface area (Å²) in [5.74, 6) is -0.505. The number of imide groups is 1. The van der Waals surface area contributed by atoms with Crippen LogP contribution >= 0.6 is 0 Å². The predicted molar refractivity (Wildman–Crippen MR) is 97.8 cm³/mol. The molecule has 1 aliphatic heterocycles. The van der Waals surface area contributed by atoms with Crippen LogP contribution in [-0.2, 0) is 6.42 Å². The van der Waals surface area contributed by atoms with Gasteiger partial charge in [-0.2, -0.15) is 0 Å². The van der Waals surface area contributed by atoms with Gasteiger partial charge in [-0.15, -0.1) is 0 Å². The Kier molecular flexibility index (Phi) is 4.95. The maximum Gasteiger partial charge on any atom is 0.259 e. The molecule has 0 spiro atoms. The molecule has 0 fully saturated rings. The van der Waals surface area contributed by atoms with Gasteiger partial charge in [-0.3, -0.25) is 14.9 Å². The molecule has 2 aromatic rings. The van der Waals surface area contributed by atoms with E-state index in [2.05, 4.69) is 43.1 Å². The first-order valence-corrected chi connectivity index (χ1v) is 10.7. The topological polar surface area (TPSA) is 46.2 Å². The second-order valence-corrected chi connectivity index (χ2v) is 9.52. The molecule has 2 amide bonds. The molecule has 24 heavy (non-hydrogen) atoms. The van der Waals surface area contributed by atoms with Crippen LogP contribution in [0.5, 0.6) is 0 Å². The summed E-state index contributed by atoms with van der Waals surface area (Å²) in [6.45, 7) is 4.52. The third kappa shape index (κ3) is 3.34. The van der Waals surface area contributed by atoms with Gasteiger partial charge in [0.1, 0.15) is 0 Å². The molecule has 1 heterocycles. The zero-order chi connectivity index (χ0) is 17.1. The summed E-state index contributed by atoms with van der Waals surface area (Å²) in [4.78, 5) is 23.9. The predicted octanol–water partition coefficient (Wildman–Crippen LogP) is 3.97. The zero-order valence-electron chi connectivity index (χ0n) is 14.1. The minimum Gasteiger partial charge on any atom is -0.288 e. The van der Waals surface area contributed by atoms with Gasteiger partial charge in [0.25, 0.3) is 11.8 Å². The van der Waals surface area contributed by atoms with Crippen LogP contribution in [0.4, 0.5) is 0 Å². The lowest BCUT2D eigenvalue weighted by atomic mass is 10.0. The number of aryl methyl sites for hydroxylation is 1. The van der Waals surface area contributed by atoms with Crippen molar-refractivity contribution in [1.82, 2.24) is 5.32 Å². The number of nitrogens with one attached hydrogen (secondary N) is 1. The number of amides is 2. The van der Waals surface area contributed by atoms with Gasteiger partial charge in [0, 0.05) is 0 Å². The van der Waals surface area contributed by atoms with Gasteiger partial charge in [0.2, 0.25) is 0 Å². The molecule has 3 nitrogen and oxygen atoms in total. The smallest absolute Gasteiger partial charge is 0.259 e. The quantitative estimate of drug-likeness (QED) is 0.641. The molecule has 1 N–H and O–H groups in total. The molecule has 0 saturated heterocycles. The summed E-state index contributed by atoms with van der Waals surface area (Å²) in [6, 6.07) is 17.4. The number of carbonyl (C=O) groups excluding carboxylic acids is 2. The molecule has 1 radical (unpaired) electrons. The van der Waals surface area contributed by atoms with Gasteiger partial charge in [-0.05, 0) is 29.2 Å². The maximum absolute atomic E-state index is 12.1. The van der Waals surface area contributed by atoms with Crippen LogP contribution in [0, 0.1) is 0 Å². The van der Waals surface area contributed by atoms with Crippen molar-refractivity contribution in [2.24, 2.45) is 0 Å². The van der Waals surface area contributed by atoms with Crippen LogP contribution in [0.1, 0.15) is 50.7 Å². The summed E-state index contributed by atoms with van der Waals surface area (Å²) in [5.41, 5.74) is 3.89. The Bertz CT molecular complexity index is 757. The highest BCUT2D eigenvalue weighted by molar-refractivity contribution is 6.59. The summed E-state index contributed by atoms with van der Waals surface area (Å²) < 4.78 is 0. The molecule has 3 rings (SSSR count). The number of rotatable bonds is 6. The van der Waals surface area contributed by atoms with Crippen LogP contribution in [0.15, 0.2) is 48.5 Å². The summed E-state index contributed by atoms with van der Waals surface area (Å²) in [7, 11) is -0.642. The van der Waals surface area contributed by atoms with Gasteiger partial charge >= 0.3 is 0 Å². The summed E-state index contributed by atoms with van der Waals surface area (Å²) in [6.07, 6.45) is 2.26. The van der Waals surface area contributed by atoms with Crippen LogP contribution in [0.25, 0.3) is 0 Å².